The summed E-state index contributed by atoms with van der Waals surface area (Å²) in [6, 6.07) is 0. The van der Waals surface area contributed by atoms with Gasteiger partial charge in [-0.3, -0.25) is 0 Å². The second-order valence-electron chi connectivity index (χ2n) is 10.4. The van der Waals surface area contributed by atoms with Crippen molar-refractivity contribution < 1.29 is 17.9 Å². The maximum absolute atomic E-state index is 14.0. The van der Waals surface area contributed by atoms with Gasteiger partial charge >= 0.3 is 208 Å². The summed E-state index contributed by atoms with van der Waals surface area (Å²) in [6.07, 6.45) is 21.6. The third kappa shape index (κ3) is 16.0. The SMILES string of the molecule is CCCCCCP(C)(CCCCCC)(CCCCCC)OP(=O)(OCCCC)OCCCC. The van der Waals surface area contributed by atoms with Crippen molar-refractivity contribution in [2.24, 2.45) is 0 Å². The van der Waals surface area contributed by atoms with Gasteiger partial charge in [-0.2, -0.15) is 0 Å². The van der Waals surface area contributed by atoms with Crippen molar-refractivity contribution in [2.75, 3.05) is 38.4 Å². The van der Waals surface area contributed by atoms with Crippen LogP contribution in [0.5, 0.6) is 0 Å². The van der Waals surface area contributed by atoms with Gasteiger partial charge in [-0.15, -0.1) is 0 Å². The summed E-state index contributed by atoms with van der Waals surface area (Å²) in [5.74, 6) is 0. The molecule has 0 heterocycles. The molecule has 4 nitrogen and oxygen atoms in total. The molecule has 0 rings (SSSR count). The van der Waals surface area contributed by atoms with Crippen LogP contribution in [0.4, 0.5) is 0 Å². The predicted molar refractivity (Wildman–Crippen MR) is 150 cm³/mol. The zero-order valence-electron chi connectivity index (χ0n) is 23.4. The fraction of sp³-hybridized carbons (Fsp3) is 1.00. The summed E-state index contributed by atoms with van der Waals surface area (Å²) in [4.78, 5) is 0. The molecule has 0 aliphatic heterocycles. The van der Waals surface area contributed by atoms with Gasteiger partial charge < -0.3 is 0 Å². The fourth-order valence-electron chi connectivity index (χ4n) is 4.45. The Morgan fingerprint density at radius 3 is 1.15 bits per heavy atom. The molecular formula is C27H60O4P2. The van der Waals surface area contributed by atoms with E-state index in [2.05, 4.69) is 41.3 Å². The molecular weight excluding hydrogens is 450 g/mol. The van der Waals surface area contributed by atoms with Crippen LogP contribution in [0.2, 0.25) is 0 Å². The van der Waals surface area contributed by atoms with Gasteiger partial charge in [0.2, 0.25) is 0 Å². The van der Waals surface area contributed by atoms with Crippen molar-refractivity contribution in [3.8, 4) is 0 Å². The van der Waals surface area contributed by atoms with Crippen LogP contribution in [0.25, 0.3) is 0 Å². The van der Waals surface area contributed by atoms with Crippen LogP contribution in [0.1, 0.15) is 137 Å². The normalized spacial score (nSPS) is 13.8. The first-order valence-corrected chi connectivity index (χ1v) is 19.0. The summed E-state index contributed by atoms with van der Waals surface area (Å²) in [6.45, 7) is 11.6. The van der Waals surface area contributed by atoms with E-state index in [0.29, 0.717) is 13.2 Å². The van der Waals surface area contributed by atoms with E-state index < -0.39 is 14.7 Å². The van der Waals surface area contributed by atoms with E-state index in [1.165, 1.54) is 57.8 Å². The number of hydrogen-bond acceptors (Lipinski definition) is 4. The van der Waals surface area contributed by atoms with E-state index in [1.54, 1.807) is 0 Å². The fourth-order valence-corrected chi connectivity index (χ4v) is 13.1. The zero-order chi connectivity index (χ0) is 24.9. The van der Waals surface area contributed by atoms with E-state index in [1.807, 2.05) is 0 Å². The molecule has 0 unspecified atom stereocenters. The second-order valence-corrected chi connectivity index (χ2v) is 18.2. The van der Waals surface area contributed by atoms with Crippen molar-refractivity contribution >= 4 is 14.7 Å². The van der Waals surface area contributed by atoms with Crippen molar-refractivity contribution in [1.82, 2.24) is 0 Å². The summed E-state index contributed by atoms with van der Waals surface area (Å²) in [5, 5.41) is 0. The van der Waals surface area contributed by atoms with Crippen molar-refractivity contribution in [3.05, 3.63) is 0 Å². The first-order valence-electron chi connectivity index (χ1n) is 14.4. The van der Waals surface area contributed by atoms with E-state index in [0.717, 1.165) is 63.4 Å². The molecule has 202 valence electrons. The molecule has 33 heavy (non-hydrogen) atoms. The molecule has 0 aliphatic rings. The molecule has 0 aromatic rings. The van der Waals surface area contributed by atoms with Gasteiger partial charge in [0.1, 0.15) is 0 Å². The quantitative estimate of drug-likeness (QED) is 0.0905. The Balaban J connectivity index is 5.83. The molecule has 0 saturated carbocycles. The molecule has 0 saturated heterocycles. The topological polar surface area (TPSA) is 44.8 Å². The van der Waals surface area contributed by atoms with Crippen LogP contribution in [0.3, 0.4) is 0 Å². The molecule has 0 aromatic carbocycles. The van der Waals surface area contributed by atoms with Crippen LogP contribution >= 0.6 is 14.7 Å². The second kappa shape index (κ2) is 19.7. The third-order valence-electron chi connectivity index (χ3n) is 6.78. The first-order chi connectivity index (χ1) is 15.8. The Bertz CT molecular complexity index is 450. The van der Waals surface area contributed by atoms with Crippen molar-refractivity contribution in [1.29, 1.82) is 0 Å². The molecule has 0 radical (unpaired) electrons. The molecule has 6 heteroatoms. The molecule has 0 spiro atoms. The number of rotatable bonds is 25. The average molecular weight is 511 g/mol. The van der Waals surface area contributed by atoms with Gasteiger partial charge in [-0.05, 0) is 0 Å². The number of unbranched alkanes of at least 4 members (excludes halogenated alkanes) is 11. The molecule has 0 bridgehead atoms. The Labute approximate surface area is 208 Å². The number of hydrogen-bond donors (Lipinski definition) is 0. The molecule has 0 aliphatic carbocycles. The van der Waals surface area contributed by atoms with E-state index >= 15 is 0 Å². The Morgan fingerprint density at radius 1 is 0.515 bits per heavy atom. The Kier molecular flexibility index (Phi) is 20.0. The first kappa shape index (κ1) is 33.5. The molecule has 0 N–H and O–H groups in total. The Hall–Kier alpha value is 0.540. The number of phosphoric acid groups is 1. The number of phosphoric ester groups is 1. The molecule has 0 aromatic heterocycles. The molecule has 0 fully saturated rings. The van der Waals surface area contributed by atoms with Crippen LogP contribution in [-0.4, -0.2) is 38.4 Å². The van der Waals surface area contributed by atoms with Gasteiger partial charge in [0, 0.05) is 0 Å². The van der Waals surface area contributed by atoms with E-state index in [9.17, 15) is 4.57 Å². The zero-order valence-corrected chi connectivity index (χ0v) is 25.2. The van der Waals surface area contributed by atoms with Gasteiger partial charge in [-0.1, -0.05) is 0 Å². The molecule has 0 atom stereocenters. The van der Waals surface area contributed by atoms with E-state index in [4.69, 9.17) is 13.4 Å². The van der Waals surface area contributed by atoms with Gasteiger partial charge in [-0.25, -0.2) is 0 Å². The standard InChI is InChI=1S/C27H60O4P2/c1-7-12-17-20-25-33(6,26-21-18-13-8-2,27-22-19-14-9-3)31-32(28,29-23-15-10-4)30-24-16-11-5/h7-27H2,1-6H3. The van der Waals surface area contributed by atoms with Gasteiger partial charge in [0.05, 0.1) is 0 Å². The predicted octanol–water partition coefficient (Wildman–Crippen LogP) is 10.6. The minimum absolute atomic E-state index is 0.452. The van der Waals surface area contributed by atoms with Crippen LogP contribution in [-0.2, 0) is 17.9 Å². The summed E-state index contributed by atoms with van der Waals surface area (Å²) in [7, 11) is -3.57. The summed E-state index contributed by atoms with van der Waals surface area (Å²) in [5.41, 5.74) is 0. The van der Waals surface area contributed by atoms with Crippen LogP contribution in [0.15, 0.2) is 0 Å². The van der Waals surface area contributed by atoms with Gasteiger partial charge in [0.25, 0.3) is 0 Å². The van der Waals surface area contributed by atoms with Crippen molar-refractivity contribution in [3.63, 3.8) is 0 Å². The van der Waals surface area contributed by atoms with Crippen LogP contribution in [0, 0.1) is 0 Å². The molecule has 0 amide bonds. The Morgan fingerprint density at radius 2 is 0.848 bits per heavy atom. The average Bonchev–Trinajstić information content (AvgIpc) is 2.78. The minimum atomic E-state index is -3.57. The third-order valence-corrected chi connectivity index (χ3v) is 15.3. The maximum atomic E-state index is 14.0. The van der Waals surface area contributed by atoms with Crippen LogP contribution < -0.4 is 0 Å². The monoisotopic (exact) mass is 510 g/mol. The van der Waals surface area contributed by atoms with E-state index in [-0.39, 0.29) is 0 Å². The van der Waals surface area contributed by atoms with Crippen molar-refractivity contribution in [2.45, 2.75) is 137 Å². The summed E-state index contributed by atoms with van der Waals surface area (Å²) < 4.78 is 32.8. The van der Waals surface area contributed by atoms with Gasteiger partial charge in [0.15, 0.2) is 0 Å². The summed E-state index contributed by atoms with van der Waals surface area (Å²) >= 11 is 0.